The molecule has 1 aliphatic rings. The second-order valence-electron chi connectivity index (χ2n) is 8.37. The van der Waals surface area contributed by atoms with Crippen LogP contribution in [0.5, 0.6) is 0 Å². The molecule has 8 heteroatoms. The minimum absolute atomic E-state index is 0.0387. The zero-order chi connectivity index (χ0) is 22.4. The zero-order valence-corrected chi connectivity index (χ0v) is 19.7. The van der Waals surface area contributed by atoms with Gasteiger partial charge >= 0.3 is 0 Å². The Bertz CT molecular complexity index is 913. The van der Waals surface area contributed by atoms with Crippen LogP contribution < -0.4 is 10.6 Å². The second kappa shape index (κ2) is 10.8. The van der Waals surface area contributed by atoms with E-state index >= 15 is 0 Å². The maximum Gasteiger partial charge on any atom is 0.251 e. The fourth-order valence-corrected chi connectivity index (χ4v) is 4.88. The van der Waals surface area contributed by atoms with Gasteiger partial charge in [-0.3, -0.25) is 9.59 Å². The van der Waals surface area contributed by atoms with E-state index in [1.54, 1.807) is 6.07 Å². The number of rotatable bonds is 8. The van der Waals surface area contributed by atoms with E-state index in [-0.39, 0.29) is 23.9 Å². The lowest BCUT2D eigenvalue weighted by atomic mass is 9.86. The largest absolute Gasteiger partial charge is 0.352 e. The number of carbonyl (C=O) groups excluding carboxylic acids is 2. The Labute approximate surface area is 188 Å². The number of aryl methyl sites for hydroxylation is 1. The lowest BCUT2D eigenvalue weighted by Crippen LogP contribution is -2.41. The van der Waals surface area contributed by atoms with Gasteiger partial charge in [-0.1, -0.05) is 49.2 Å². The predicted molar refractivity (Wildman–Crippen MR) is 123 cm³/mol. The third-order valence-electron chi connectivity index (χ3n) is 5.87. The van der Waals surface area contributed by atoms with Gasteiger partial charge in [0.05, 0.1) is 11.8 Å². The Morgan fingerprint density at radius 1 is 1.26 bits per heavy atom. The van der Waals surface area contributed by atoms with E-state index in [9.17, 15) is 9.59 Å². The standard InChI is InChI=1S/C23H33N5O2S/c1-5-28-21(17(4)24-22(30)18-11-8-9-15(2)13-18)26-27-23(28)31-14-20(29)25-19-12-7-6-10-16(19)3/h8-9,11,13,16-17,19H,5-7,10,12,14H2,1-4H3,(H,24,30)(H,25,29)/t16-,17+,19-/m1/s1. The van der Waals surface area contributed by atoms with Gasteiger partial charge in [-0.05, 0) is 51.7 Å². The summed E-state index contributed by atoms with van der Waals surface area (Å²) in [6.45, 7) is 8.74. The average Bonchev–Trinajstić information content (AvgIpc) is 3.17. The summed E-state index contributed by atoms with van der Waals surface area (Å²) in [5.74, 6) is 1.43. The molecule has 0 spiro atoms. The van der Waals surface area contributed by atoms with Crippen LogP contribution in [0.3, 0.4) is 0 Å². The van der Waals surface area contributed by atoms with Gasteiger partial charge in [-0.2, -0.15) is 0 Å². The molecule has 168 valence electrons. The van der Waals surface area contributed by atoms with E-state index < -0.39 is 0 Å². The summed E-state index contributed by atoms with van der Waals surface area (Å²) in [4.78, 5) is 25.0. The number of carbonyl (C=O) groups is 2. The molecule has 0 radical (unpaired) electrons. The molecular formula is C23H33N5O2S. The van der Waals surface area contributed by atoms with Gasteiger partial charge in [0.15, 0.2) is 11.0 Å². The quantitative estimate of drug-likeness (QED) is 0.605. The van der Waals surface area contributed by atoms with E-state index in [2.05, 4.69) is 27.8 Å². The molecule has 2 N–H and O–H groups in total. The van der Waals surface area contributed by atoms with Crippen LogP contribution in [-0.4, -0.2) is 38.4 Å². The highest BCUT2D eigenvalue weighted by molar-refractivity contribution is 7.99. The molecule has 2 amide bonds. The molecule has 3 atom stereocenters. The van der Waals surface area contributed by atoms with E-state index in [0.29, 0.717) is 34.8 Å². The summed E-state index contributed by atoms with van der Waals surface area (Å²) in [6, 6.07) is 7.47. The van der Waals surface area contributed by atoms with Crippen LogP contribution in [0.15, 0.2) is 29.4 Å². The van der Waals surface area contributed by atoms with E-state index in [0.717, 1.165) is 12.0 Å². The first kappa shape index (κ1) is 23.3. The molecule has 1 aromatic heterocycles. The Morgan fingerprint density at radius 3 is 2.74 bits per heavy atom. The van der Waals surface area contributed by atoms with Gasteiger partial charge < -0.3 is 15.2 Å². The molecule has 31 heavy (non-hydrogen) atoms. The summed E-state index contributed by atoms with van der Waals surface area (Å²) < 4.78 is 1.96. The van der Waals surface area contributed by atoms with Crippen molar-refractivity contribution in [3.8, 4) is 0 Å². The van der Waals surface area contributed by atoms with Crippen LogP contribution in [0.25, 0.3) is 0 Å². The monoisotopic (exact) mass is 443 g/mol. The van der Waals surface area contributed by atoms with E-state index in [1.807, 2.05) is 43.5 Å². The molecule has 1 saturated carbocycles. The molecule has 7 nitrogen and oxygen atoms in total. The summed E-state index contributed by atoms with van der Waals surface area (Å²) >= 11 is 1.39. The molecule has 0 saturated heterocycles. The van der Waals surface area contributed by atoms with Crippen molar-refractivity contribution >= 4 is 23.6 Å². The number of nitrogens with one attached hydrogen (secondary N) is 2. The van der Waals surface area contributed by atoms with E-state index in [4.69, 9.17) is 0 Å². The van der Waals surface area contributed by atoms with E-state index in [1.165, 1.54) is 31.0 Å². The van der Waals surface area contributed by atoms with Gasteiger partial charge in [0.25, 0.3) is 5.91 Å². The maximum absolute atomic E-state index is 12.6. The van der Waals surface area contributed by atoms with Gasteiger partial charge in [0.2, 0.25) is 5.91 Å². The summed E-state index contributed by atoms with van der Waals surface area (Å²) in [7, 11) is 0. The first-order chi connectivity index (χ1) is 14.9. The Morgan fingerprint density at radius 2 is 2.03 bits per heavy atom. The van der Waals surface area contributed by atoms with Crippen LogP contribution in [0.4, 0.5) is 0 Å². The summed E-state index contributed by atoms with van der Waals surface area (Å²) in [6.07, 6.45) is 4.67. The molecule has 0 unspecified atom stereocenters. The Kier molecular flexibility index (Phi) is 8.12. The zero-order valence-electron chi connectivity index (χ0n) is 18.9. The van der Waals surface area contributed by atoms with Crippen molar-refractivity contribution in [2.24, 2.45) is 5.92 Å². The molecule has 2 aromatic rings. The number of benzene rings is 1. The smallest absolute Gasteiger partial charge is 0.251 e. The summed E-state index contributed by atoms with van der Waals surface area (Å²) in [5.41, 5.74) is 1.66. The van der Waals surface area contributed by atoms with Gasteiger partial charge in [0, 0.05) is 18.2 Å². The predicted octanol–water partition coefficient (Wildman–Crippen LogP) is 3.88. The second-order valence-corrected chi connectivity index (χ2v) is 9.32. The number of aromatic nitrogens is 3. The average molecular weight is 444 g/mol. The topological polar surface area (TPSA) is 88.9 Å². The highest BCUT2D eigenvalue weighted by Gasteiger charge is 2.24. The first-order valence-electron chi connectivity index (χ1n) is 11.1. The number of thioether (sulfide) groups is 1. The Balaban J connectivity index is 1.59. The van der Waals surface area contributed by atoms with Crippen molar-refractivity contribution in [2.75, 3.05) is 5.75 Å². The molecule has 0 bridgehead atoms. The Hall–Kier alpha value is -2.35. The van der Waals surface area contributed by atoms with Crippen LogP contribution in [0, 0.1) is 12.8 Å². The molecule has 0 aliphatic heterocycles. The lowest BCUT2D eigenvalue weighted by Gasteiger charge is -2.29. The summed E-state index contributed by atoms with van der Waals surface area (Å²) in [5, 5.41) is 15.5. The maximum atomic E-state index is 12.6. The van der Waals surface area contributed by atoms with Crippen LogP contribution in [-0.2, 0) is 11.3 Å². The third kappa shape index (κ3) is 6.09. The van der Waals surface area contributed by atoms with Crippen molar-refractivity contribution in [1.82, 2.24) is 25.4 Å². The van der Waals surface area contributed by atoms with Crippen LogP contribution in [0.2, 0.25) is 0 Å². The van der Waals surface area contributed by atoms with Crippen LogP contribution >= 0.6 is 11.8 Å². The van der Waals surface area contributed by atoms with Crippen molar-refractivity contribution in [3.63, 3.8) is 0 Å². The number of hydrogen-bond donors (Lipinski definition) is 2. The number of nitrogens with zero attached hydrogens (tertiary/aromatic N) is 3. The fraction of sp³-hybridized carbons (Fsp3) is 0.565. The minimum Gasteiger partial charge on any atom is -0.352 e. The van der Waals surface area contributed by atoms with Gasteiger partial charge in [-0.25, -0.2) is 0 Å². The van der Waals surface area contributed by atoms with Crippen molar-refractivity contribution in [3.05, 3.63) is 41.2 Å². The van der Waals surface area contributed by atoms with Crippen molar-refractivity contribution in [2.45, 2.75) is 77.2 Å². The molecule has 1 heterocycles. The normalized spacial score (nSPS) is 19.6. The highest BCUT2D eigenvalue weighted by Crippen LogP contribution is 2.25. The van der Waals surface area contributed by atoms with Crippen LogP contribution in [0.1, 0.15) is 74.2 Å². The molecule has 1 aliphatic carbocycles. The first-order valence-corrected chi connectivity index (χ1v) is 12.1. The van der Waals surface area contributed by atoms with Crippen molar-refractivity contribution in [1.29, 1.82) is 0 Å². The third-order valence-corrected chi connectivity index (χ3v) is 6.83. The molecule has 1 fully saturated rings. The molecular weight excluding hydrogens is 410 g/mol. The fourth-order valence-electron chi connectivity index (χ4n) is 4.06. The van der Waals surface area contributed by atoms with Gasteiger partial charge in [0.1, 0.15) is 0 Å². The number of amides is 2. The van der Waals surface area contributed by atoms with Gasteiger partial charge in [-0.15, -0.1) is 10.2 Å². The minimum atomic E-state index is -0.299. The number of hydrogen-bond acceptors (Lipinski definition) is 5. The molecule has 1 aromatic carbocycles. The SMILES string of the molecule is CCn1c(SCC(=O)N[C@@H]2CCCC[C@H]2C)nnc1[C@H](C)NC(=O)c1cccc(C)c1. The van der Waals surface area contributed by atoms with Crippen molar-refractivity contribution < 1.29 is 9.59 Å². The highest BCUT2D eigenvalue weighted by atomic mass is 32.2. The lowest BCUT2D eigenvalue weighted by molar-refractivity contribution is -0.119. The molecule has 3 rings (SSSR count).